The largest absolute Gasteiger partial charge is 0.297 e. The number of carbonyl (C=O) groups is 1. The molecule has 0 aromatic carbocycles. The third kappa shape index (κ3) is 2.66. The van der Waals surface area contributed by atoms with Crippen molar-refractivity contribution in [3.63, 3.8) is 0 Å². The zero-order valence-corrected chi connectivity index (χ0v) is 14.9. The first kappa shape index (κ1) is 16.1. The van der Waals surface area contributed by atoms with Crippen molar-refractivity contribution >= 4 is 23.1 Å². The van der Waals surface area contributed by atoms with E-state index in [0.29, 0.717) is 5.82 Å². The lowest BCUT2D eigenvalue weighted by molar-refractivity contribution is -0.128. The number of aryl methyl sites for hydroxylation is 2. The van der Waals surface area contributed by atoms with Gasteiger partial charge in [0.25, 0.3) is 5.91 Å². The number of hydrogen-bond donors (Lipinski definition) is 0. The normalized spacial score (nSPS) is 21.6. The Bertz CT molecular complexity index is 695. The number of hydrogen-bond acceptors (Lipinski definition) is 5. The molecule has 1 atom stereocenters. The molecule has 1 unspecified atom stereocenters. The number of carbonyl (C=O) groups excluding carboxylic acids is 1. The summed E-state index contributed by atoms with van der Waals surface area (Å²) in [6.07, 6.45) is 1.83. The number of amides is 1. The number of anilines is 1. The van der Waals surface area contributed by atoms with Crippen molar-refractivity contribution in [2.45, 2.75) is 32.2 Å². The van der Waals surface area contributed by atoms with E-state index in [4.69, 9.17) is 0 Å². The molecule has 0 N–H and O–H groups in total. The number of nitrogens with zero attached hydrogens (tertiary/aromatic N) is 4. The van der Waals surface area contributed by atoms with Crippen molar-refractivity contribution in [2.24, 2.45) is 0 Å². The zero-order valence-electron chi connectivity index (χ0n) is 14.0. The molecule has 2 aromatic rings. The summed E-state index contributed by atoms with van der Waals surface area (Å²) in [7, 11) is 3.84. The van der Waals surface area contributed by atoms with Crippen molar-refractivity contribution in [1.29, 1.82) is 0 Å². The van der Waals surface area contributed by atoms with Gasteiger partial charge in [-0.15, -0.1) is 11.3 Å². The standard InChI is InChI=1S/C17H22N4OS/c1-12-8-14(9-13(2)19-12)17(6-5-7-20(17)3)16(22)21(4)15-10-23-11-18-15/h8-11H,5-7H2,1-4H3. The van der Waals surface area contributed by atoms with E-state index in [0.717, 1.165) is 36.3 Å². The molecule has 5 nitrogen and oxygen atoms in total. The van der Waals surface area contributed by atoms with Gasteiger partial charge >= 0.3 is 0 Å². The minimum atomic E-state index is -0.628. The molecular formula is C17H22N4OS. The molecule has 1 aliphatic heterocycles. The molecule has 23 heavy (non-hydrogen) atoms. The van der Waals surface area contributed by atoms with Crippen LogP contribution in [-0.4, -0.2) is 41.4 Å². The maximum atomic E-state index is 13.4. The highest BCUT2D eigenvalue weighted by molar-refractivity contribution is 7.07. The molecule has 0 saturated carbocycles. The van der Waals surface area contributed by atoms with Crippen LogP contribution in [0.5, 0.6) is 0 Å². The number of thiazole rings is 1. The van der Waals surface area contributed by atoms with Crippen LogP contribution in [0.25, 0.3) is 0 Å². The Balaban J connectivity index is 2.09. The molecule has 1 fully saturated rings. The first-order chi connectivity index (χ1) is 10.9. The van der Waals surface area contributed by atoms with Crippen LogP contribution in [0, 0.1) is 13.8 Å². The van der Waals surface area contributed by atoms with Crippen LogP contribution >= 0.6 is 11.3 Å². The van der Waals surface area contributed by atoms with Gasteiger partial charge in [0.1, 0.15) is 11.4 Å². The quantitative estimate of drug-likeness (QED) is 0.868. The molecule has 6 heteroatoms. The van der Waals surface area contributed by atoms with Gasteiger partial charge in [-0.2, -0.15) is 0 Å². The Labute approximate surface area is 141 Å². The lowest BCUT2D eigenvalue weighted by atomic mass is 9.85. The fourth-order valence-electron chi connectivity index (χ4n) is 3.54. The van der Waals surface area contributed by atoms with Crippen LogP contribution in [0.15, 0.2) is 23.0 Å². The molecule has 0 bridgehead atoms. The molecule has 122 valence electrons. The second-order valence-corrected chi connectivity index (χ2v) is 6.95. The van der Waals surface area contributed by atoms with Crippen LogP contribution in [0.3, 0.4) is 0 Å². The monoisotopic (exact) mass is 330 g/mol. The first-order valence-electron chi connectivity index (χ1n) is 7.78. The topological polar surface area (TPSA) is 49.3 Å². The van der Waals surface area contributed by atoms with E-state index >= 15 is 0 Å². The maximum absolute atomic E-state index is 13.4. The van der Waals surface area contributed by atoms with Gasteiger partial charge in [0.15, 0.2) is 0 Å². The Morgan fingerprint density at radius 2 is 2.04 bits per heavy atom. The van der Waals surface area contributed by atoms with Crippen LogP contribution in [0.1, 0.15) is 29.8 Å². The van der Waals surface area contributed by atoms with E-state index in [-0.39, 0.29) is 5.91 Å². The fourth-order valence-corrected chi connectivity index (χ4v) is 4.11. The molecule has 3 rings (SSSR count). The minimum Gasteiger partial charge on any atom is -0.297 e. The Morgan fingerprint density at radius 1 is 1.35 bits per heavy atom. The molecule has 0 spiro atoms. The van der Waals surface area contributed by atoms with Crippen LogP contribution in [-0.2, 0) is 10.3 Å². The third-order valence-electron chi connectivity index (χ3n) is 4.66. The van der Waals surface area contributed by atoms with Crippen LogP contribution in [0.4, 0.5) is 5.82 Å². The third-order valence-corrected chi connectivity index (χ3v) is 5.24. The molecule has 1 aliphatic rings. The minimum absolute atomic E-state index is 0.0772. The molecule has 0 aliphatic carbocycles. The van der Waals surface area contributed by atoms with Crippen LogP contribution in [0.2, 0.25) is 0 Å². The Morgan fingerprint density at radius 3 is 2.57 bits per heavy atom. The highest BCUT2D eigenvalue weighted by Crippen LogP contribution is 2.40. The number of rotatable bonds is 3. The highest BCUT2D eigenvalue weighted by atomic mass is 32.1. The SMILES string of the molecule is Cc1cc(C2(C(=O)N(C)c3cscn3)CCCN2C)cc(C)n1. The lowest BCUT2D eigenvalue weighted by Crippen LogP contribution is -2.52. The van der Waals surface area contributed by atoms with Gasteiger partial charge in [0.2, 0.25) is 0 Å². The molecule has 1 amide bonds. The second kappa shape index (κ2) is 6.02. The average molecular weight is 330 g/mol. The first-order valence-corrected chi connectivity index (χ1v) is 8.73. The Kier molecular flexibility index (Phi) is 4.21. The maximum Gasteiger partial charge on any atom is 0.253 e. The van der Waals surface area contributed by atoms with Gasteiger partial charge in [-0.1, -0.05) is 0 Å². The van der Waals surface area contributed by atoms with Crippen LogP contribution < -0.4 is 4.90 Å². The van der Waals surface area contributed by atoms with Crippen molar-refractivity contribution < 1.29 is 4.79 Å². The van der Waals surface area contributed by atoms with Gasteiger partial charge < -0.3 is 0 Å². The summed E-state index contributed by atoms with van der Waals surface area (Å²) >= 11 is 1.50. The smallest absolute Gasteiger partial charge is 0.253 e. The molecular weight excluding hydrogens is 308 g/mol. The molecule has 2 aromatic heterocycles. The predicted molar refractivity (Wildman–Crippen MR) is 92.8 cm³/mol. The fraction of sp³-hybridized carbons (Fsp3) is 0.471. The van der Waals surface area contributed by atoms with E-state index in [1.54, 1.807) is 10.4 Å². The second-order valence-electron chi connectivity index (χ2n) is 6.23. The van der Waals surface area contributed by atoms with E-state index in [9.17, 15) is 4.79 Å². The van der Waals surface area contributed by atoms with Crippen molar-refractivity contribution in [3.8, 4) is 0 Å². The summed E-state index contributed by atoms with van der Waals surface area (Å²) < 4.78 is 0. The summed E-state index contributed by atoms with van der Waals surface area (Å²) in [5.41, 5.74) is 4.06. The van der Waals surface area contributed by atoms with Gasteiger partial charge in [-0.25, -0.2) is 4.98 Å². The summed E-state index contributed by atoms with van der Waals surface area (Å²) in [6, 6.07) is 4.09. The van der Waals surface area contributed by atoms with E-state index in [1.807, 2.05) is 45.5 Å². The number of likely N-dealkylation sites (tertiary alicyclic amines) is 1. The van der Waals surface area contributed by atoms with Gasteiger partial charge in [-0.05, 0) is 58.0 Å². The van der Waals surface area contributed by atoms with Gasteiger partial charge in [0.05, 0.1) is 5.51 Å². The van der Waals surface area contributed by atoms with E-state index in [1.165, 1.54) is 11.3 Å². The number of aromatic nitrogens is 2. The van der Waals surface area contributed by atoms with Crippen molar-refractivity contribution in [1.82, 2.24) is 14.9 Å². The van der Waals surface area contributed by atoms with Gasteiger partial charge in [0, 0.05) is 23.8 Å². The van der Waals surface area contributed by atoms with Gasteiger partial charge in [-0.3, -0.25) is 19.6 Å². The zero-order chi connectivity index (χ0) is 16.6. The average Bonchev–Trinajstić information content (AvgIpc) is 3.14. The van der Waals surface area contributed by atoms with Crippen molar-refractivity contribution in [3.05, 3.63) is 40.0 Å². The summed E-state index contributed by atoms with van der Waals surface area (Å²) in [4.78, 5) is 26.0. The lowest BCUT2D eigenvalue weighted by Gasteiger charge is -2.38. The summed E-state index contributed by atoms with van der Waals surface area (Å²) in [6.45, 7) is 4.87. The predicted octanol–water partition coefficient (Wildman–Crippen LogP) is 2.74. The molecule has 1 saturated heterocycles. The summed E-state index contributed by atoms with van der Waals surface area (Å²) in [5.74, 6) is 0.788. The van der Waals surface area contributed by atoms with E-state index < -0.39 is 5.54 Å². The molecule has 3 heterocycles. The van der Waals surface area contributed by atoms with Crippen molar-refractivity contribution in [2.75, 3.05) is 25.5 Å². The highest BCUT2D eigenvalue weighted by Gasteiger charge is 2.49. The number of likely N-dealkylation sites (N-methyl/N-ethyl adjacent to an activating group) is 2. The Hall–Kier alpha value is -1.79. The summed E-state index contributed by atoms with van der Waals surface area (Å²) in [5, 5.41) is 1.91. The molecule has 0 radical (unpaired) electrons. The van der Waals surface area contributed by atoms with E-state index in [2.05, 4.69) is 14.9 Å². The number of pyridine rings is 1.